The Bertz CT molecular complexity index is 638. The highest BCUT2D eigenvalue weighted by atomic mass is 16.5. The van der Waals surface area contributed by atoms with Crippen LogP contribution in [0.1, 0.15) is 24.8 Å². The van der Waals surface area contributed by atoms with Crippen LogP contribution in [-0.4, -0.2) is 65.2 Å². The van der Waals surface area contributed by atoms with Gasteiger partial charge < -0.3 is 14.1 Å². The lowest BCUT2D eigenvalue weighted by Gasteiger charge is -2.26. The SMILES string of the molecule is c1coc(-c2ncc(CN3CCCO[C@H](CN4CCCC4)C3)cn2)c1. The van der Waals surface area contributed by atoms with E-state index in [2.05, 4.69) is 19.8 Å². The minimum absolute atomic E-state index is 0.309. The third-order valence-corrected chi connectivity index (χ3v) is 4.95. The average Bonchev–Trinajstić information content (AvgIpc) is 3.29. The van der Waals surface area contributed by atoms with Crippen LogP contribution < -0.4 is 0 Å². The molecule has 0 radical (unpaired) electrons. The van der Waals surface area contributed by atoms with Crippen molar-refractivity contribution in [3.63, 3.8) is 0 Å². The topological polar surface area (TPSA) is 54.6 Å². The summed E-state index contributed by atoms with van der Waals surface area (Å²) in [4.78, 5) is 13.9. The van der Waals surface area contributed by atoms with Gasteiger partial charge in [0.05, 0.1) is 12.4 Å². The van der Waals surface area contributed by atoms with Gasteiger partial charge in [0.1, 0.15) is 0 Å². The molecule has 25 heavy (non-hydrogen) atoms. The van der Waals surface area contributed by atoms with E-state index in [1.807, 2.05) is 24.5 Å². The van der Waals surface area contributed by atoms with Crippen molar-refractivity contribution in [2.24, 2.45) is 0 Å². The van der Waals surface area contributed by atoms with Gasteiger partial charge in [-0.3, -0.25) is 4.90 Å². The molecule has 4 heterocycles. The molecule has 0 aliphatic carbocycles. The number of hydrogen-bond acceptors (Lipinski definition) is 6. The first-order valence-electron chi connectivity index (χ1n) is 9.28. The number of nitrogens with zero attached hydrogens (tertiary/aromatic N) is 4. The number of ether oxygens (including phenoxy) is 1. The fraction of sp³-hybridized carbons (Fsp3) is 0.579. The van der Waals surface area contributed by atoms with Crippen LogP contribution in [0.5, 0.6) is 0 Å². The molecule has 2 aromatic rings. The van der Waals surface area contributed by atoms with Crippen LogP contribution in [0.3, 0.4) is 0 Å². The highest BCUT2D eigenvalue weighted by Crippen LogP contribution is 2.17. The molecule has 2 aliphatic heterocycles. The molecular formula is C19H26N4O2. The van der Waals surface area contributed by atoms with Crippen molar-refractivity contribution in [2.45, 2.75) is 31.9 Å². The number of furan rings is 1. The zero-order valence-corrected chi connectivity index (χ0v) is 14.6. The predicted molar refractivity (Wildman–Crippen MR) is 95.0 cm³/mol. The first kappa shape index (κ1) is 16.7. The summed E-state index contributed by atoms with van der Waals surface area (Å²) in [5, 5.41) is 0. The molecule has 0 N–H and O–H groups in total. The maximum Gasteiger partial charge on any atom is 0.195 e. The van der Waals surface area contributed by atoms with E-state index in [1.54, 1.807) is 6.26 Å². The second-order valence-corrected chi connectivity index (χ2v) is 6.98. The van der Waals surface area contributed by atoms with Crippen molar-refractivity contribution in [2.75, 3.05) is 39.3 Å². The second kappa shape index (κ2) is 8.08. The third-order valence-electron chi connectivity index (χ3n) is 4.95. The Labute approximate surface area is 148 Å². The van der Waals surface area contributed by atoms with E-state index < -0.39 is 0 Å². The van der Waals surface area contributed by atoms with E-state index >= 15 is 0 Å². The number of aromatic nitrogens is 2. The van der Waals surface area contributed by atoms with Crippen LogP contribution in [0.2, 0.25) is 0 Å². The predicted octanol–water partition coefficient (Wildman–Crippen LogP) is 2.42. The number of rotatable bonds is 5. The van der Waals surface area contributed by atoms with Crippen LogP contribution in [0, 0.1) is 0 Å². The summed E-state index contributed by atoms with van der Waals surface area (Å²) in [6.45, 7) is 7.29. The van der Waals surface area contributed by atoms with Crippen molar-refractivity contribution >= 4 is 0 Å². The van der Waals surface area contributed by atoms with Crippen molar-refractivity contribution in [1.29, 1.82) is 0 Å². The van der Waals surface area contributed by atoms with Gasteiger partial charge in [0, 0.05) is 50.7 Å². The molecule has 2 fully saturated rings. The molecule has 0 spiro atoms. The van der Waals surface area contributed by atoms with Gasteiger partial charge >= 0.3 is 0 Å². The Morgan fingerprint density at radius 2 is 1.84 bits per heavy atom. The van der Waals surface area contributed by atoms with E-state index in [0.29, 0.717) is 17.7 Å². The first-order valence-corrected chi connectivity index (χ1v) is 9.28. The fourth-order valence-corrected chi connectivity index (χ4v) is 3.71. The lowest BCUT2D eigenvalue weighted by atomic mass is 10.2. The van der Waals surface area contributed by atoms with Gasteiger partial charge in [0.15, 0.2) is 11.6 Å². The zero-order chi connectivity index (χ0) is 16.9. The molecule has 0 unspecified atom stereocenters. The summed E-state index contributed by atoms with van der Waals surface area (Å²) < 4.78 is 11.4. The molecule has 0 aromatic carbocycles. The lowest BCUT2D eigenvalue weighted by Crippen LogP contribution is -2.39. The summed E-state index contributed by atoms with van der Waals surface area (Å²) in [6, 6.07) is 3.73. The van der Waals surface area contributed by atoms with Gasteiger partial charge in [-0.2, -0.15) is 0 Å². The number of likely N-dealkylation sites (tertiary alicyclic amines) is 1. The summed E-state index contributed by atoms with van der Waals surface area (Å²) in [5.41, 5.74) is 1.14. The first-order chi connectivity index (χ1) is 12.4. The maximum absolute atomic E-state index is 6.07. The molecule has 0 saturated carbocycles. The minimum Gasteiger partial charge on any atom is -0.461 e. The monoisotopic (exact) mass is 342 g/mol. The summed E-state index contributed by atoms with van der Waals surface area (Å²) in [6.07, 6.45) is 9.51. The smallest absolute Gasteiger partial charge is 0.195 e. The van der Waals surface area contributed by atoms with Gasteiger partial charge in [-0.1, -0.05) is 0 Å². The fourth-order valence-electron chi connectivity index (χ4n) is 3.71. The Morgan fingerprint density at radius 3 is 2.60 bits per heavy atom. The Balaban J connectivity index is 1.35. The average molecular weight is 342 g/mol. The molecule has 134 valence electrons. The van der Waals surface area contributed by atoms with Crippen LogP contribution in [0.25, 0.3) is 11.6 Å². The second-order valence-electron chi connectivity index (χ2n) is 6.98. The van der Waals surface area contributed by atoms with E-state index in [1.165, 1.54) is 25.9 Å². The molecule has 0 bridgehead atoms. The van der Waals surface area contributed by atoms with Crippen LogP contribution in [0.4, 0.5) is 0 Å². The standard InChI is InChI=1S/C19H26N4O2/c1-2-7-22(6-1)14-17-15-23(8-4-10-24-17)13-16-11-20-19(21-12-16)18-5-3-9-25-18/h3,5,9,11-12,17H,1-2,4,6-8,10,13-15H2/t17-/m1/s1. The van der Waals surface area contributed by atoms with Gasteiger partial charge in [0.25, 0.3) is 0 Å². The molecule has 2 aromatic heterocycles. The summed E-state index contributed by atoms with van der Waals surface area (Å²) >= 11 is 0. The summed E-state index contributed by atoms with van der Waals surface area (Å²) in [5.74, 6) is 1.35. The minimum atomic E-state index is 0.309. The highest BCUT2D eigenvalue weighted by molar-refractivity contribution is 5.45. The molecule has 6 nitrogen and oxygen atoms in total. The van der Waals surface area contributed by atoms with Gasteiger partial charge in [-0.15, -0.1) is 0 Å². The Morgan fingerprint density at radius 1 is 1.04 bits per heavy atom. The number of hydrogen-bond donors (Lipinski definition) is 0. The Kier molecular flexibility index (Phi) is 5.40. The normalized spacial score (nSPS) is 23.0. The molecule has 0 amide bonds. The van der Waals surface area contributed by atoms with Crippen LogP contribution in [-0.2, 0) is 11.3 Å². The van der Waals surface area contributed by atoms with E-state index in [4.69, 9.17) is 9.15 Å². The van der Waals surface area contributed by atoms with Gasteiger partial charge in [-0.25, -0.2) is 9.97 Å². The summed E-state index contributed by atoms with van der Waals surface area (Å²) in [7, 11) is 0. The van der Waals surface area contributed by atoms with Gasteiger partial charge in [0.2, 0.25) is 0 Å². The third kappa shape index (κ3) is 4.45. The van der Waals surface area contributed by atoms with Crippen molar-refractivity contribution in [3.8, 4) is 11.6 Å². The van der Waals surface area contributed by atoms with Crippen molar-refractivity contribution in [1.82, 2.24) is 19.8 Å². The molecular weight excluding hydrogens is 316 g/mol. The Hall–Kier alpha value is -1.76. The molecule has 6 heteroatoms. The quantitative estimate of drug-likeness (QED) is 0.832. The van der Waals surface area contributed by atoms with E-state index in [-0.39, 0.29) is 0 Å². The zero-order valence-electron chi connectivity index (χ0n) is 14.6. The lowest BCUT2D eigenvalue weighted by molar-refractivity contribution is 0.0307. The van der Waals surface area contributed by atoms with E-state index in [9.17, 15) is 0 Å². The highest BCUT2D eigenvalue weighted by Gasteiger charge is 2.23. The molecule has 1 atom stereocenters. The van der Waals surface area contributed by atoms with Crippen LogP contribution in [0.15, 0.2) is 35.2 Å². The van der Waals surface area contributed by atoms with E-state index in [0.717, 1.165) is 44.8 Å². The molecule has 2 aliphatic rings. The molecule has 4 rings (SSSR count). The van der Waals surface area contributed by atoms with Crippen molar-refractivity contribution < 1.29 is 9.15 Å². The van der Waals surface area contributed by atoms with Crippen LogP contribution >= 0.6 is 0 Å². The van der Waals surface area contributed by atoms with Gasteiger partial charge in [-0.05, 0) is 44.5 Å². The largest absolute Gasteiger partial charge is 0.461 e. The maximum atomic E-state index is 6.07. The van der Waals surface area contributed by atoms with Crippen molar-refractivity contribution in [3.05, 3.63) is 36.4 Å². The molecule has 2 saturated heterocycles.